The first-order valence-electron chi connectivity index (χ1n) is 6.47. The molecule has 0 aromatic heterocycles. The Kier molecular flexibility index (Phi) is 3.01. The molecule has 4 heteroatoms. The third kappa shape index (κ3) is 1.81. The fourth-order valence-corrected chi connectivity index (χ4v) is 3.24. The number of methoxy groups -OCH3 is 1. The van der Waals surface area contributed by atoms with Gasteiger partial charge in [-0.1, -0.05) is 6.07 Å². The third-order valence-corrected chi connectivity index (χ3v) is 4.23. The van der Waals surface area contributed by atoms with Crippen LogP contribution >= 0.6 is 0 Å². The molecule has 0 radical (unpaired) electrons. The summed E-state index contributed by atoms with van der Waals surface area (Å²) in [6.07, 6.45) is 0.291. The third-order valence-electron chi connectivity index (χ3n) is 4.23. The molecule has 18 heavy (non-hydrogen) atoms. The van der Waals surface area contributed by atoms with E-state index in [9.17, 15) is 10.2 Å². The van der Waals surface area contributed by atoms with Crippen molar-refractivity contribution in [1.82, 2.24) is 5.32 Å². The Morgan fingerprint density at radius 3 is 2.89 bits per heavy atom. The Morgan fingerprint density at radius 1 is 1.28 bits per heavy atom. The molecule has 1 heterocycles. The van der Waals surface area contributed by atoms with Crippen LogP contribution in [0, 0.1) is 0 Å². The number of hydrogen-bond acceptors (Lipinski definition) is 4. The molecule has 0 unspecified atom stereocenters. The first-order valence-corrected chi connectivity index (χ1v) is 6.47. The molecule has 1 saturated carbocycles. The number of ether oxygens (including phenoxy) is 1. The van der Waals surface area contributed by atoms with Gasteiger partial charge in [-0.3, -0.25) is 0 Å². The van der Waals surface area contributed by atoms with Gasteiger partial charge in [-0.25, -0.2) is 0 Å². The summed E-state index contributed by atoms with van der Waals surface area (Å²) in [5.74, 6) is 0.822. The summed E-state index contributed by atoms with van der Waals surface area (Å²) < 4.78 is 5.22. The molecule has 98 valence electrons. The molecule has 0 spiro atoms. The molecule has 1 aliphatic carbocycles. The minimum atomic E-state index is -0.677. The van der Waals surface area contributed by atoms with Crippen molar-refractivity contribution in [2.75, 3.05) is 7.11 Å². The summed E-state index contributed by atoms with van der Waals surface area (Å²) in [7, 11) is 1.65. The van der Waals surface area contributed by atoms with E-state index >= 15 is 0 Å². The highest BCUT2D eigenvalue weighted by molar-refractivity contribution is 5.41. The zero-order chi connectivity index (χ0) is 12.7. The quantitative estimate of drug-likeness (QED) is 0.688. The normalized spacial score (nSPS) is 34.6. The van der Waals surface area contributed by atoms with Gasteiger partial charge in [0.2, 0.25) is 0 Å². The van der Waals surface area contributed by atoms with Gasteiger partial charge in [0.15, 0.2) is 0 Å². The van der Waals surface area contributed by atoms with Gasteiger partial charge in [-0.05, 0) is 36.1 Å². The number of aliphatic hydroxyl groups excluding tert-OH is 2. The van der Waals surface area contributed by atoms with E-state index in [2.05, 4.69) is 5.32 Å². The Hall–Kier alpha value is -1.10. The molecule has 3 N–H and O–H groups in total. The summed E-state index contributed by atoms with van der Waals surface area (Å²) in [4.78, 5) is 0. The number of fused-ring (bicyclic) bond motifs is 3. The average Bonchev–Trinajstić information content (AvgIpc) is 2.41. The second-order valence-corrected chi connectivity index (χ2v) is 5.21. The van der Waals surface area contributed by atoms with Crippen LogP contribution in [-0.4, -0.2) is 35.6 Å². The lowest BCUT2D eigenvalue weighted by molar-refractivity contribution is -0.0359. The van der Waals surface area contributed by atoms with Crippen molar-refractivity contribution < 1.29 is 14.9 Å². The average molecular weight is 249 g/mol. The molecule has 4 nitrogen and oxygen atoms in total. The van der Waals surface area contributed by atoms with Crippen LogP contribution in [0.15, 0.2) is 18.2 Å². The van der Waals surface area contributed by atoms with E-state index in [0.717, 1.165) is 29.8 Å². The van der Waals surface area contributed by atoms with Crippen molar-refractivity contribution >= 4 is 0 Å². The topological polar surface area (TPSA) is 61.7 Å². The number of aliphatic hydroxyl groups is 2. The molecular formula is C14H19NO3. The van der Waals surface area contributed by atoms with E-state index in [-0.39, 0.29) is 12.0 Å². The zero-order valence-corrected chi connectivity index (χ0v) is 10.5. The van der Waals surface area contributed by atoms with Crippen LogP contribution in [0.25, 0.3) is 0 Å². The lowest BCUT2D eigenvalue weighted by atomic mass is 9.73. The summed E-state index contributed by atoms with van der Waals surface area (Å²) in [6, 6.07) is 6.22. The van der Waals surface area contributed by atoms with Gasteiger partial charge in [-0.2, -0.15) is 0 Å². The highest BCUT2D eigenvalue weighted by Gasteiger charge is 2.41. The zero-order valence-electron chi connectivity index (χ0n) is 10.5. The second kappa shape index (κ2) is 4.53. The SMILES string of the molecule is COc1ccc2c(c1)CN[C@H]1CC[C@H](O)[C@H](O)[C@@H]21. The van der Waals surface area contributed by atoms with Crippen LogP contribution in [0.5, 0.6) is 5.75 Å². The summed E-state index contributed by atoms with van der Waals surface area (Å²) in [5.41, 5.74) is 2.30. The van der Waals surface area contributed by atoms with E-state index < -0.39 is 12.2 Å². The van der Waals surface area contributed by atoms with Gasteiger partial charge in [0.25, 0.3) is 0 Å². The summed E-state index contributed by atoms with van der Waals surface area (Å²) in [6.45, 7) is 0.802. The predicted molar refractivity (Wildman–Crippen MR) is 67.6 cm³/mol. The lowest BCUT2D eigenvalue weighted by Gasteiger charge is -2.43. The van der Waals surface area contributed by atoms with Gasteiger partial charge in [0.05, 0.1) is 19.3 Å². The van der Waals surface area contributed by atoms with Crippen molar-refractivity contribution in [2.24, 2.45) is 0 Å². The largest absolute Gasteiger partial charge is 0.497 e. The molecule has 0 amide bonds. The maximum Gasteiger partial charge on any atom is 0.119 e. The number of rotatable bonds is 1. The molecule has 4 atom stereocenters. The van der Waals surface area contributed by atoms with Crippen molar-refractivity contribution in [3.63, 3.8) is 0 Å². The van der Waals surface area contributed by atoms with E-state index in [1.165, 1.54) is 0 Å². The van der Waals surface area contributed by atoms with Crippen LogP contribution in [-0.2, 0) is 6.54 Å². The minimum absolute atomic E-state index is 0.0107. The highest BCUT2D eigenvalue weighted by atomic mass is 16.5. The first kappa shape index (κ1) is 12.0. The molecular weight excluding hydrogens is 230 g/mol. The van der Waals surface area contributed by atoms with Crippen LogP contribution in [0.3, 0.4) is 0 Å². The Bertz CT molecular complexity index is 449. The van der Waals surface area contributed by atoms with Crippen LogP contribution in [0.4, 0.5) is 0 Å². The second-order valence-electron chi connectivity index (χ2n) is 5.21. The highest BCUT2D eigenvalue weighted by Crippen LogP contribution is 2.39. The fraction of sp³-hybridized carbons (Fsp3) is 0.571. The van der Waals surface area contributed by atoms with Crippen molar-refractivity contribution in [3.8, 4) is 5.75 Å². The van der Waals surface area contributed by atoms with Gasteiger partial charge in [0, 0.05) is 18.5 Å². The van der Waals surface area contributed by atoms with Gasteiger partial charge in [0.1, 0.15) is 5.75 Å². The Labute approximate surface area is 107 Å². The maximum atomic E-state index is 10.2. The molecule has 1 aliphatic heterocycles. The molecule has 1 aromatic carbocycles. The van der Waals surface area contributed by atoms with Crippen molar-refractivity contribution in [1.29, 1.82) is 0 Å². The lowest BCUT2D eigenvalue weighted by Crippen LogP contribution is -2.51. The number of hydrogen-bond donors (Lipinski definition) is 3. The predicted octanol–water partition coefficient (Wildman–Crippen LogP) is 0.766. The Morgan fingerprint density at radius 2 is 2.11 bits per heavy atom. The molecule has 0 saturated heterocycles. The van der Waals surface area contributed by atoms with Gasteiger partial charge < -0.3 is 20.3 Å². The van der Waals surface area contributed by atoms with E-state index in [0.29, 0.717) is 6.42 Å². The van der Waals surface area contributed by atoms with Crippen molar-refractivity contribution in [2.45, 2.75) is 43.6 Å². The Balaban J connectivity index is 1.99. The maximum absolute atomic E-state index is 10.2. The van der Waals surface area contributed by atoms with Crippen LogP contribution < -0.4 is 10.1 Å². The van der Waals surface area contributed by atoms with Crippen molar-refractivity contribution in [3.05, 3.63) is 29.3 Å². The van der Waals surface area contributed by atoms with E-state index in [4.69, 9.17) is 4.74 Å². The van der Waals surface area contributed by atoms with Crippen LogP contribution in [0.2, 0.25) is 0 Å². The minimum Gasteiger partial charge on any atom is -0.497 e. The molecule has 1 fully saturated rings. The van der Waals surface area contributed by atoms with E-state index in [1.807, 2.05) is 18.2 Å². The standard InChI is InChI=1S/C14H19NO3/c1-18-9-2-3-10-8(6-9)7-15-11-4-5-12(16)14(17)13(10)11/h2-3,6,11-17H,4-5,7H2,1H3/t11-,12-,13-,14-/m0/s1. The summed E-state index contributed by atoms with van der Waals surface area (Å²) >= 11 is 0. The molecule has 2 aliphatic rings. The molecule has 0 bridgehead atoms. The first-order chi connectivity index (χ1) is 8.70. The van der Waals surface area contributed by atoms with E-state index in [1.54, 1.807) is 7.11 Å². The van der Waals surface area contributed by atoms with Crippen LogP contribution in [0.1, 0.15) is 29.9 Å². The molecule has 1 aromatic rings. The number of benzene rings is 1. The fourth-order valence-electron chi connectivity index (χ4n) is 3.24. The monoisotopic (exact) mass is 249 g/mol. The molecule has 3 rings (SSSR count). The summed E-state index contributed by atoms with van der Waals surface area (Å²) in [5, 5.41) is 23.5. The van der Waals surface area contributed by atoms with Gasteiger partial charge in [-0.15, -0.1) is 0 Å². The smallest absolute Gasteiger partial charge is 0.119 e. The van der Waals surface area contributed by atoms with Gasteiger partial charge >= 0.3 is 0 Å². The number of nitrogens with one attached hydrogen (secondary N) is 1.